The van der Waals surface area contributed by atoms with Crippen molar-refractivity contribution >= 4 is 17.1 Å². The summed E-state index contributed by atoms with van der Waals surface area (Å²) in [6.45, 7) is 0.0694. The van der Waals surface area contributed by atoms with Gasteiger partial charge in [0.1, 0.15) is 12.1 Å². The molecule has 2 aromatic heterocycles. The molecule has 0 aliphatic rings. The fourth-order valence-corrected chi connectivity index (χ4v) is 1.66. The minimum atomic E-state index is -1.00. The van der Waals surface area contributed by atoms with Crippen molar-refractivity contribution in [3.05, 3.63) is 27.2 Å². The number of H-pyrrole nitrogens is 1. The summed E-state index contributed by atoms with van der Waals surface area (Å²) in [5.41, 5.74) is 0.0119. The van der Waals surface area contributed by atoms with Crippen LogP contribution in [0.2, 0.25) is 0 Å². The Kier molecular flexibility index (Phi) is 4.69. The van der Waals surface area contributed by atoms with Crippen LogP contribution in [0.25, 0.3) is 11.2 Å². The molecule has 2 aromatic rings. The van der Waals surface area contributed by atoms with E-state index in [9.17, 15) is 19.5 Å². The molecule has 1 N–H and O–H groups in total. The van der Waals surface area contributed by atoms with Gasteiger partial charge in [0, 0.05) is 14.1 Å². The first kappa shape index (κ1) is 16.6. The number of aliphatic carboxylic acids is 1. The van der Waals surface area contributed by atoms with Crippen LogP contribution in [0.5, 0.6) is 0 Å². The van der Waals surface area contributed by atoms with Gasteiger partial charge in [-0.25, -0.2) is 9.78 Å². The first-order valence-electron chi connectivity index (χ1n) is 6.14. The number of carboxylic acid groups (broad SMARTS) is 1. The number of nitrogens with one attached hydrogen (secondary N) is 1. The van der Waals surface area contributed by atoms with Crippen molar-refractivity contribution in [1.82, 2.24) is 19.1 Å². The minimum absolute atomic E-state index is 0.0694. The Bertz CT molecular complexity index is 763. The topological polar surface area (TPSA) is 113 Å². The summed E-state index contributed by atoms with van der Waals surface area (Å²) < 4.78 is 2.79. The van der Waals surface area contributed by atoms with Gasteiger partial charge >= 0.3 is 5.69 Å². The summed E-state index contributed by atoms with van der Waals surface area (Å²) in [5.74, 6) is -1.00. The van der Waals surface area contributed by atoms with Crippen molar-refractivity contribution in [2.75, 3.05) is 27.7 Å². The van der Waals surface area contributed by atoms with Crippen LogP contribution < -0.4 is 16.4 Å². The number of hydrogen-bond acceptors (Lipinski definition) is 5. The Hall–Kier alpha value is -2.42. The molecule has 0 aliphatic carbocycles. The highest BCUT2D eigenvalue weighted by molar-refractivity contribution is 5.68. The van der Waals surface area contributed by atoms with E-state index >= 15 is 0 Å². The van der Waals surface area contributed by atoms with Gasteiger partial charge in [0.25, 0.3) is 5.56 Å². The number of hydrogen-bond donors (Lipinski definition) is 1. The van der Waals surface area contributed by atoms with Crippen LogP contribution in [0.4, 0.5) is 0 Å². The van der Waals surface area contributed by atoms with E-state index in [1.54, 1.807) is 28.2 Å². The molecular weight excluding hydrogens is 278 g/mol. The number of carboxylic acids is 1. The lowest BCUT2D eigenvalue weighted by atomic mass is 10.5. The Balaban J connectivity index is 0.000000240. The summed E-state index contributed by atoms with van der Waals surface area (Å²) >= 11 is 0. The third-order valence-electron chi connectivity index (χ3n) is 2.63. The van der Waals surface area contributed by atoms with Gasteiger partial charge in [0.05, 0.1) is 33.4 Å². The van der Waals surface area contributed by atoms with Crippen LogP contribution >= 0.6 is 0 Å². The van der Waals surface area contributed by atoms with Gasteiger partial charge < -0.3 is 19.4 Å². The standard InChI is InChI=1S/C7H8N4O2.C5H11NO2/c1-10-5-4(8-3-9-5)6(12)11(2)7(10)13;1-6(2,3)4-5(7)8/h3H,1-2H3,(H,8,9);4H2,1-3H3. The van der Waals surface area contributed by atoms with E-state index in [1.165, 1.54) is 17.9 Å². The lowest BCUT2D eigenvalue weighted by Gasteiger charge is -2.23. The van der Waals surface area contributed by atoms with E-state index in [4.69, 9.17) is 0 Å². The van der Waals surface area contributed by atoms with Crippen LogP contribution in [0.1, 0.15) is 0 Å². The van der Waals surface area contributed by atoms with Crippen molar-refractivity contribution in [2.45, 2.75) is 0 Å². The second-order valence-corrected chi connectivity index (χ2v) is 5.63. The Morgan fingerprint density at radius 3 is 2.29 bits per heavy atom. The summed E-state index contributed by atoms with van der Waals surface area (Å²) in [7, 11) is 8.41. The van der Waals surface area contributed by atoms with E-state index in [1.807, 2.05) is 0 Å². The Morgan fingerprint density at radius 2 is 1.86 bits per heavy atom. The van der Waals surface area contributed by atoms with Crippen molar-refractivity contribution in [2.24, 2.45) is 14.1 Å². The van der Waals surface area contributed by atoms with E-state index < -0.39 is 5.97 Å². The fraction of sp³-hybridized carbons (Fsp3) is 0.500. The van der Waals surface area contributed by atoms with Crippen LogP contribution in [0.3, 0.4) is 0 Å². The Labute approximate surface area is 120 Å². The molecule has 0 bridgehead atoms. The molecule has 0 amide bonds. The van der Waals surface area contributed by atoms with Gasteiger partial charge in [-0.05, 0) is 0 Å². The van der Waals surface area contributed by atoms with Crippen LogP contribution in [0.15, 0.2) is 15.9 Å². The third kappa shape index (κ3) is 4.02. The highest BCUT2D eigenvalue weighted by atomic mass is 16.4. The molecular formula is C12H19N5O4. The molecule has 0 saturated carbocycles. The molecule has 21 heavy (non-hydrogen) atoms. The lowest BCUT2D eigenvalue weighted by molar-refractivity contribution is -0.864. The van der Waals surface area contributed by atoms with Crippen LogP contribution in [-0.4, -0.2) is 57.2 Å². The monoisotopic (exact) mass is 297 g/mol. The Morgan fingerprint density at radius 1 is 1.29 bits per heavy atom. The van der Waals surface area contributed by atoms with Crippen molar-refractivity contribution in [3.8, 4) is 0 Å². The number of fused-ring (bicyclic) bond motifs is 1. The molecule has 9 nitrogen and oxygen atoms in total. The number of aryl methyl sites for hydroxylation is 1. The zero-order valence-corrected chi connectivity index (χ0v) is 12.7. The highest BCUT2D eigenvalue weighted by Gasteiger charge is 2.09. The lowest BCUT2D eigenvalue weighted by Crippen LogP contribution is -2.45. The molecule has 0 atom stereocenters. The van der Waals surface area contributed by atoms with Crippen molar-refractivity contribution in [1.29, 1.82) is 0 Å². The number of likely N-dealkylation sites (N-methyl/N-ethyl adjacent to an activating group) is 1. The quantitative estimate of drug-likeness (QED) is 0.611. The number of imidazole rings is 1. The summed E-state index contributed by atoms with van der Waals surface area (Å²) in [4.78, 5) is 39.3. The number of carbonyl (C=O) groups is 1. The molecule has 0 aliphatic heterocycles. The van der Waals surface area contributed by atoms with Gasteiger partial charge in [-0.15, -0.1) is 0 Å². The normalized spacial score (nSPS) is 11.1. The molecule has 0 aromatic carbocycles. The van der Waals surface area contributed by atoms with Gasteiger partial charge in [-0.2, -0.15) is 0 Å². The zero-order valence-electron chi connectivity index (χ0n) is 12.7. The summed E-state index contributed by atoms with van der Waals surface area (Å²) in [6.07, 6.45) is 1.39. The first-order valence-corrected chi connectivity index (χ1v) is 6.14. The first-order chi connectivity index (χ1) is 9.54. The number of nitrogens with zero attached hydrogens (tertiary/aromatic N) is 4. The summed E-state index contributed by atoms with van der Waals surface area (Å²) in [6, 6.07) is 0. The molecule has 0 saturated heterocycles. The number of rotatable bonds is 2. The second kappa shape index (κ2) is 5.92. The van der Waals surface area contributed by atoms with Gasteiger partial charge in [-0.3, -0.25) is 13.9 Å². The molecule has 0 fully saturated rings. The predicted octanol–water partition coefficient (Wildman–Crippen LogP) is -2.60. The van der Waals surface area contributed by atoms with Gasteiger partial charge in [0.2, 0.25) is 0 Å². The van der Waals surface area contributed by atoms with Crippen LogP contribution in [0, 0.1) is 0 Å². The maximum Gasteiger partial charge on any atom is 0.332 e. The van der Waals surface area contributed by atoms with E-state index in [2.05, 4.69) is 9.97 Å². The minimum Gasteiger partial charge on any atom is -0.544 e. The van der Waals surface area contributed by atoms with Crippen LogP contribution in [-0.2, 0) is 18.9 Å². The SMILES string of the molecule is C[N+](C)(C)CC(=O)[O-].Cn1c(=O)c2[nH]cnc2n(C)c1=O. The smallest absolute Gasteiger partial charge is 0.332 e. The largest absolute Gasteiger partial charge is 0.544 e. The van der Waals surface area contributed by atoms with Gasteiger partial charge in [0.15, 0.2) is 5.65 Å². The maximum absolute atomic E-state index is 11.4. The molecule has 0 unspecified atom stereocenters. The average Bonchev–Trinajstić information content (AvgIpc) is 2.80. The van der Waals surface area contributed by atoms with E-state index in [0.717, 1.165) is 4.57 Å². The molecule has 116 valence electrons. The zero-order chi connectivity index (χ0) is 16.4. The predicted molar refractivity (Wildman–Crippen MR) is 74.5 cm³/mol. The summed E-state index contributed by atoms with van der Waals surface area (Å²) in [5, 5.41) is 9.89. The molecule has 2 heterocycles. The molecule has 0 radical (unpaired) electrons. The number of carbonyl (C=O) groups excluding carboxylic acids is 1. The molecule has 9 heteroatoms. The molecule has 2 rings (SSSR count). The van der Waals surface area contributed by atoms with E-state index in [0.29, 0.717) is 15.6 Å². The number of aromatic nitrogens is 4. The van der Waals surface area contributed by atoms with E-state index in [-0.39, 0.29) is 17.8 Å². The molecule has 0 spiro atoms. The fourth-order valence-electron chi connectivity index (χ4n) is 1.66. The highest BCUT2D eigenvalue weighted by Crippen LogP contribution is 1.97. The maximum atomic E-state index is 11.4. The van der Waals surface area contributed by atoms with Crippen molar-refractivity contribution in [3.63, 3.8) is 0 Å². The third-order valence-corrected chi connectivity index (χ3v) is 2.63. The van der Waals surface area contributed by atoms with Crippen molar-refractivity contribution < 1.29 is 14.4 Å². The number of aromatic amines is 1. The second-order valence-electron chi connectivity index (χ2n) is 5.63. The number of quaternary nitrogens is 1. The average molecular weight is 297 g/mol. The van der Waals surface area contributed by atoms with Gasteiger partial charge in [-0.1, -0.05) is 0 Å².